The van der Waals surface area contributed by atoms with E-state index in [1.54, 1.807) is 0 Å². The SMILES string of the molecule is CCCCCCC/C=C/CCCCCCCC(=O)N[C@@H](COP(=O)([O-])OCC[N+](C)(C)C)[C@H](O)CCCCCCCCCCCCC. The number of aliphatic hydroxyl groups is 1. The van der Waals surface area contributed by atoms with E-state index in [-0.39, 0.29) is 19.1 Å². The molecule has 0 heterocycles. The fraction of sp³-hybridized carbons (Fsp3) is 0.921. The molecule has 0 rings (SSSR count). The summed E-state index contributed by atoms with van der Waals surface area (Å²) in [6.07, 6.45) is 32.0. The lowest BCUT2D eigenvalue weighted by Crippen LogP contribution is -2.46. The maximum absolute atomic E-state index is 12.8. The highest BCUT2D eigenvalue weighted by Gasteiger charge is 2.24. The van der Waals surface area contributed by atoms with Crippen molar-refractivity contribution in [3.63, 3.8) is 0 Å². The molecule has 8 nitrogen and oxygen atoms in total. The Balaban J connectivity index is 4.46. The summed E-state index contributed by atoms with van der Waals surface area (Å²) in [6.45, 7) is 4.68. The van der Waals surface area contributed by atoms with Crippen LogP contribution in [0.1, 0.15) is 174 Å². The van der Waals surface area contributed by atoms with Crippen molar-refractivity contribution < 1.29 is 32.9 Å². The van der Waals surface area contributed by atoms with Gasteiger partial charge in [-0.1, -0.05) is 142 Å². The Labute approximate surface area is 291 Å². The molecule has 0 aliphatic heterocycles. The number of nitrogens with zero attached hydrogens (tertiary/aromatic N) is 1. The van der Waals surface area contributed by atoms with Gasteiger partial charge in [-0.15, -0.1) is 0 Å². The normalized spacial score (nSPS) is 14.8. The molecule has 0 aromatic rings. The van der Waals surface area contributed by atoms with E-state index in [2.05, 4.69) is 31.3 Å². The molecule has 0 bridgehead atoms. The van der Waals surface area contributed by atoms with Crippen LogP contribution >= 0.6 is 7.82 Å². The van der Waals surface area contributed by atoms with Gasteiger partial charge in [0.05, 0.1) is 39.9 Å². The van der Waals surface area contributed by atoms with Crippen molar-refractivity contribution in [1.82, 2.24) is 5.32 Å². The number of carbonyl (C=O) groups excluding carboxylic acids is 1. The van der Waals surface area contributed by atoms with Gasteiger partial charge in [0, 0.05) is 6.42 Å². The Morgan fingerprint density at radius 2 is 1.17 bits per heavy atom. The summed E-state index contributed by atoms with van der Waals surface area (Å²) in [4.78, 5) is 25.2. The van der Waals surface area contributed by atoms with Gasteiger partial charge in [-0.25, -0.2) is 0 Å². The van der Waals surface area contributed by atoms with Gasteiger partial charge in [-0.3, -0.25) is 9.36 Å². The molecule has 2 N–H and O–H groups in total. The summed E-state index contributed by atoms with van der Waals surface area (Å²) in [5, 5.41) is 13.8. The summed E-state index contributed by atoms with van der Waals surface area (Å²) < 4.78 is 23.1. The smallest absolute Gasteiger partial charge is 0.268 e. The van der Waals surface area contributed by atoms with Gasteiger partial charge in [0.1, 0.15) is 13.2 Å². The van der Waals surface area contributed by atoms with Crippen molar-refractivity contribution in [3.8, 4) is 0 Å². The number of aliphatic hydroxyl groups excluding tert-OH is 1. The van der Waals surface area contributed by atoms with Gasteiger partial charge in [-0.05, 0) is 38.5 Å². The van der Waals surface area contributed by atoms with Crippen LogP contribution in [0.15, 0.2) is 12.2 Å². The third-order valence-electron chi connectivity index (χ3n) is 8.75. The van der Waals surface area contributed by atoms with Gasteiger partial charge in [0.15, 0.2) is 0 Å². The predicted octanol–water partition coefficient (Wildman–Crippen LogP) is 9.39. The molecule has 0 aliphatic carbocycles. The quantitative estimate of drug-likeness (QED) is 0.0297. The average molecular weight is 689 g/mol. The number of phosphoric ester groups is 1. The molecule has 0 aliphatic rings. The van der Waals surface area contributed by atoms with Crippen molar-refractivity contribution in [2.45, 2.75) is 187 Å². The molecule has 9 heteroatoms. The predicted molar refractivity (Wildman–Crippen MR) is 196 cm³/mol. The fourth-order valence-corrected chi connectivity index (χ4v) is 6.28. The maximum atomic E-state index is 12.8. The first-order chi connectivity index (χ1) is 22.5. The van der Waals surface area contributed by atoms with E-state index in [9.17, 15) is 19.4 Å². The van der Waals surface area contributed by atoms with Crippen molar-refractivity contribution in [2.24, 2.45) is 0 Å². The number of hydrogen-bond acceptors (Lipinski definition) is 6. The van der Waals surface area contributed by atoms with Crippen molar-refractivity contribution >= 4 is 13.7 Å². The van der Waals surface area contributed by atoms with Crippen LogP contribution in [0.2, 0.25) is 0 Å². The number of carbonyl (C=O) groups is 1. The van der Waals surface area contributed by atoms with Crippen molar-refractivity contribution in [2.75, 3.05) is 40.9 Å². The Morgan fingerprint density at radius 1 is 0.723 bits per heavy atom. The zero-order valence-electron chi connectivity index (χ0n) is 31.5. The summed E-state index contributed by atoms with van der Waals surface area (Å²) in [7, 11) is 1.30. The molecule has 47 heavy (non-hydrogen) atoms. The van der Waals surface area contributed by atoms with Gasteiger partial charge >= 0.3 is 0 Å². The zero-order chi connectivity index (χ0) is 35.1. The molecule has 280 valence electrons. The second kappa shape index (κ2) is 31.2. The Kier molecular flexibility index (Phi) is 30.7. The van der Waals surface area contributed by atoms with E-state index in [4.69, 9.17) is 9.05 Å². The molecule has 0 saturated carbocycles. The van der Waals surface area contributed by atoms with Crippen molar-refractivity contribution in [1.29, 1.82) is 0 Å². The van der Waals surface area contributed by atoms with E-state index < -0.39 is 20.0 Å². The number of rotatable bonds is 35. The largest absolute Gasteiger partial charge is 0.756 e. The average Bonchev–Trinajstić information content (AvgIpc) is 3.01. The van der Waals surface area contributed by atoms with Crippen LogP contribution in [-0.4, -0.2) is 68.5 Å². The second-order valence-corrected chi connectivity index (χ2v) is 16.0. The minimum atomic E-state index is -4.55. The van der Waals surface area contributed by atoms with E-state index in [0.717, 1.165) is 51.4 Å². The number of likely N-dealkylation sites (N-methyl/N-ethyl adjacent to an activating group) is 1. The molecular weight excluding hydrogens is 611 g/mol. The first-order valence-electron chi connectivity index (χ1n) is 19.5. The minimum Gasteiger partial charge on any atom is -0.756 e. The molecule has 0 aromatic heterocycles. The molecular formula is C38H77N2O6P. The van der Waals surface area contributed by atoms with Crippen LogP contribution in [-0.2, 0) is 18.4 Å². The first kappa shape index (κ1) is 46.2. The molecule has 0 aromatic carbocycles. The Morgan fingerprint density at radius 3 is 1.66 bits per heavy atom. The Hall–Kier alpha value is -0.760. The van der Waals surface area contributed by atoms with Crippen LogP contribution in [0.5, 0.6) is 0 Å². The third-order valence-corrected chi connectivity index (χ3v) is 9.72. The number of unbranched alkanes of at least 4 members (excludes halogenated alkanes) is 20. The third kappa shape index (κ3) is 33.5. The highest BCUT2D eigenvalue weighted by Crippen LogP contribution is 2.38. The van der Waals surface area contributed by atoms with E-state index >= 15 is 0 Å². The van der Waals surface area contributed by atoms with Crippen LogP contribution < -0.4 is 10.2 Å². The number of quaternary nitrogens is 1. The van der Waals surface area contributed by atoms with Crippen LogP contribution in [0, 0.1) is 0 Å². The lowest BCUT2D eigenvalue weighted by Gasteiger charge is -2.30. The summed E-state index contributed by atoms with van der Waals surface area (Å²) >= 11 is 0. The molecule has 0 saturated heterocycles. The highest BCUT2D eigenvalue weighted by atomic mass is 31.2. The van der Waals surface area contributed by atoms with Gasteiger partial charge in [-0.2, -0.15) is 0 Å². The molecule has 0 fully saturated rings. The van der Waals surface area contributed by atoms with Crippen LogP contribution in [0.25, 0.3) is 0 Å². The summed E-state index contributed by atoms with van der Waals surface area (Å²) in [6, 6.07) is -0.798. The minimum absolute atomic E-state index is 0.0119. The standard InChI is InChI=1S/C38H77N2O6P/c1-6-8-10-12-14-16-18-19-20-22-24-26-28-30-32-38(42)39-36(35-46-47(43,44)45-34-33-40(3,4)5)37(41)31-29-27-25-23-21-17-15-13-11-9-7-2/h18-19,36-37,41H,6-17,20-35H2,1-5H3,(H-,39,42,43,44)/b19-18+/t36-,37+/m0/s1. The number of hydrogen-bond donors (Lipinski definition) is 2. The molecule has 0 radical (unpaired) electrons. The molecule has 0 spiro atoms. The topological polar surface area (TPSA) is 108 Å². The molecule has 3 atom stereocenters. The number of allylic oxidation sites excluding steroid dienone is 2. The van der Waals surface area contributed by atoms with Gasteiger partial charge < -0.3 is 28.8 Å². The maximum Gasteiger partial charge on any atom is 0.268 e. The second-order valence-electron chi connectivity index (χ2n) is 14.6. The summed E-state index contributed by atoms with van der Waals surface area (Å²) in [5.41, 5.74) is 0. The van der Waals surface area contributed by atoms with Crippen LogP contribution in [0.4, 0.5) is 0 Å². The van der Waals surface area contributed by atoms with Crippen molar-refractivity contribution in [3.05, 3.63) is 12.2 Å². The lowest BCUT2D eigenvalue weighted by atomic mass is 10.0. The summed E-state index contributed by atoms with van der Waals surface area (Å²) in [5.74, 6) is -0.176. The first-order valence-corrected chi connectivity index (χ1v) is 21.0. The monoisotopic (exact) mass is 689 g/mol. The number of amides is 1. The van der Waals surface area contributed by atoms with E-state index in [1.807, 2.05) is 21.1 Å². The number of phosphoric acid groups is 1. The van der Waals surface area contributed by atoms with Gasteiger partial charge in [0.2, 0.25) is 5.91 Å². The molecule has 1 amide bonds. The van der Waals surface area contributed by atoms with Crippen LogP contribution in [0.3, 0.4) is 0 Å². The lowest BCUT2D eigenvalue weighted by molar-refractivity contribution is -0.870. The highest BCUT2D eigenvalue weighted by molar-refractivity contribution is 7.45. The Bertz CT molecular complexity index is 789. The fourth-order valence-electron chi connectivity index (χ4n) is 5.56. The number of nitrogens with one attached hydrogen (secondary N) is 1. The van der Waals surface area contributed by atoms with E-state index in [0.29, 0.717) is 23.9 Å². The van der Waals surface area contributed by atoms with Gasteiger partial charge in [0.25, 0.3) is 7.82 Å². The molecule has 1 unspecified atom stereocenters. The van der Waals surface area contributed by atoms with E-state index in [1.165, 1.54) is 96.3 Å². The zero-order valence-corrected chi connectivity index (χ0v) is 32.4.